The molecule has 0 spiro atoms. The second kappa shape index (κ2) is 3.82. The molecule has 0 unspecified atom stereocenters. The average Bonchev–Trinajstić information content (AvgIpc) is 1.68. The highest BCUT2D eigenvalue weighted by Crippen LogP contribution is 1.67. The summed E-state index contributed by atoms with van der Waals surface area (Å²) in [5.74, 6) is -0.283. The molecule has 2 N–H and O–H groups in total. The van der Waals surface area contributed by atoms with Crippen LogP contribution in [0.15, 0.2) is 0 Å². The first kappa shape index (κ1) is 6.65. The molecule has 4 heteroatoms. The Bertz CT molecular complexity index is 66.0. The van der Waals surface area contributed by atoms with Crippen LogP contribution in [-0.2, 0) is 9.22 Å². The second-order valence-electron chi connectivity index (χ2n) is 1.01. The van der Waals surface area contributed by atoms with Crippen LogP contribution in [0.2, 0.25) is 6.55 Å². The fourth-order valence-electron chi connectivity index (χ4n) is 0.220. The van der Waals surface area contributed by atoms with Gasteiger partial charge in [-0.15, -0.1) is 0 Å². The van der Waals surface area contributed by atoms with Gasteiger partial charge in [0.1, 0.15) is 0 Å². The quantitative estimate of drug-likeness (QED) is 0.456. The Balaban J connectivity index is 3.00. The van der Waals surface area contributed by atoms with Gasteiger partial charge in [0, 0.05) is 0 Å². The number of rotatable bonds is 2. The van der Waals surface area contributed by atoms with Gasteiger partial charge in [-0.3, -0.25) is 4.79 Å². The van der Waals surface area contributed by atoms with Crippen molar-refractivity contribution in [3.63, 3.8) is 0 Å². The van der Waals surface area contributed by atoms with Crippen molar-refractivity contribution in [3.8, 4) is 0 Å². The van der Waals surface area contributed by atoms with Crippen molar-refractivity contribution in [3.05, 3.63) is 0 Å². The molecule has 0 rings (SSSR count). The molecular weight excluding hydrogens is 110 g/mol. The monoisotopic (exact) mass is 119 g/mol. The normalized spacial score (nSPS) is 10.0. The maximum absolute atomic E-state index is 10.1. The summed E-state index contributed by atoms with van der Waals surface area (Å²) < 4.78 is 4.57. The molecule has 3 nitrogen and oxygen atoms in total. The van der Waals surface area contributed by atoms with Crippen LogP contribution in [0.4, 0.5) is 0 Å². The number of carbonyl (C=O) groups is 1. The van der Waals surface area contributed by atoms with E-state index in [2.05, 4.69) is 4.43 Å². The van der Waals surface area contributed by atoms with Crippen molar-refractivity contribution in [2.24, 2.45) is 5.73 Å². The molecule has 0 fully saturated rings. The van der Waals surface area contributed by atoms with Gasteiger partial charge in [0.05, 0.1) is 6.54 Å². The zero-order valence-electron chi connectivity index (χ0n) is 4.31. The molecule has 0 saturated heterocycles. The third-order valence-electron chi connectivity index (χ3n) is 0.472. The lowest BCUT2D eigenvalue weighted by Crippen LogP contribution is -2.17. The van der Waals surface area contributed by atoms with Crippen LogP contribution in [0.25, 0.3) is 0 Å². The van der Waals surface area contributed by atoms with Gasteiger partial charge >= 0.3 is 5.97 Å². The van der Waals surface area contributed by atoms with Crippen LogP contribution in [0.1, 0.15) is 0 Å². The van der Waals surface area contributed by atoms with E-state index in [1.54, 1.807) is 0 Å². The highest BCUT2D eigenvalue weighted by Gasteiger charge is 1.91. The zero-order valence-corrected chi connectivity index (χ0v) is 5.72. The second-order valence-corrected chi connectivity index (χ2v) is 1.88. The lowest BCUT2D eigenvalue weighted by Gasteiger charge is -1.94. The molecule has 0 aromatic carbocycles. The predicted molar refractivity (Wildman–Crippen MR) is 29.6 cm³/mol. The van der Waals surface area contributed by atoms with Crippen LogP contribution >= 0.6 is 0 Å². The summed E-state index contributed by atoms with van der Waals surface area (Å²) in [4.78, 5) is 10.1. The van der Waals surface area contributed by atoms with Gasteiger partial charge in [-0.05, 0) is 6.55 Å². The Kier molecular flexibility index (Phi) is 3.63. The van der Waals surface area contributed by atoms with Gasteiger partial charge in [-0.1, -0.05) is 0 Å². The van der Waals surface area contributed by atoms with E-state index in [9.17, 15) is 4.79 Å². The molecule has 0 bridgehead atoms. The van der Waals surface area contributed by atoms with Crippen LogP contribution in [-0.4, -0.2) is 22.3 Å². The van der Waals surface area contributed by atoms with Crippen molar-refractivity contribution in [2.75, 3.05) is 6.54 Å². The van der Waals surface area contributed by atoms with Gasteiger partial charge in [0.25, 0.3) is 0 Å². The minimum atomic E-state index is -0.574. The molecular formula is C3H9NO2Si. The molecule has 0 aliphatic heterocycles. The molecule has 0 aromatic rings. The fraction of sp³-hybridized carbons (Fsp3) is 0.667. The third kappa shape index (κ3) is 3.48. The topological polar surface area (TPSA) is 52.3 Å². The number of hydrogen-bond donors (Lipinski definition) is 1. The maximum atomic E-state index is 10.1. The average molecular weight is 119 g/mol. The van der Waals surface area contributed by atoms with E-state index < -0.39 is 9.76 Å². The molecule has 0 aromatic heterocycles. The van der Waals surface area contributed by atoms with Crippen LogP contribution in [0, 0.1) is 0 Å². The minimum Gasteiger partial charge on any atom is -0.524 e. The van der Waals surface area contributed by atoms with Gasteiger partial charge in [0.15, 0.2) is 0 Å². The summed E-state index contributed by atoms with van der Waals surface area (Å²) in [6.45, 7) is 1.90. The predicted octanol–water partition coefficient (Wildman–Crippen LogP) is -1.38. The van der Waals surface area contributed by atoms with Crippen LogP contribution in [0.5, 0.6) is 0 Å². The summed E-state index contributed by atoms with van der Waals surface area (Å²) >= 11 is 0. The van der Waals surface area contributed by atoms with Crippen molar-refractivity contribution >= 4 is 15.7 Å². The Morgan fingerprint density at radius 2 is 2.57 bits per heavy atom. The molecule has 7 heavy (non-hydrogen) atoms. The summed E-state index contributed by atoms with van der Waals surface area (Å²) in [7, 11) is -0.574. The minimum absolute atomic E-state index is 0.0147. The highest BCUT2D eigenvalue weighted by molar-refractivity contribution is 6.28. The van der Waals surface area contributed by atoms with E-state index in [1.165, 1.54) is 0 Å². The van der Waals surface area contributed by atoms with Crippen molar-refractivity contribution in [2.45, 2.75) is 6.55 Å². The molecule has 0 radical (unpaired) electrons. The zero-order chi connectivity index (χ0) is 5.70. The SMILES string of the molecule is C[SiH2]OC(=O)CN. The summed E-state index contributed by atoms with van der Waals surface area (Å²) in [5, 5.41) is 0. The third-order valence-corrected chi connectivity index (χ3v) is 1.08. The first-order valence-corrected chi connectivity index (χ1v) is 4.16. The number of hydrogen-bond acceptors (Lipinski definition) is 3. The lowest BCUT2D eigenvalue weighted by atomic mass is 10.7. The van der Waals surface area contributed by atoms with Crippen molar-refractivity contribution < 1.29 is 9.22 Å². The van der Waals surface area contributed by atoms with Gasteiger partial charge < -0.3 is 10.2 Å². The summed E-state index contributed by atoms with van der Waals surface area (Å²) in [6.07, 6.45) is 0. The van der Waals surface area contributed by atoms with Gasteiger partial charge in [-0.25, -0.2) is 0 Å². The Labute approximate surface area is 44.8 Å². The van der Waals surface area contributed by atoms with E-state index in [4.69, 9.17) is 5.73 Å². The smallest absolute Gasteiger partial charge is 0.306 e. The molecule has 0 aliphatic rings. The summed E-state index contributed by atoms with van der Waals surface area (Å²) in [5.41, 5.74) is 4.91. The molecule has 0 heterocycles. The van der Waals surface area contributed by atoms with Crippen LogP contribution in [0.3, 0.4) is 0 Å². The molecule has 0 aliphatic carbocycles. The van der Waals surface area contributed by atoms with Crippen molar-refractivity contribution in [1.29, 1.82) is 0 Å². The Morgan fingerprint density at radius 1 is 2.00 bits per heavy atom. The highest BCUT2D eigenvalue weighted by atomic mass is 28.2. The first-order valence-electron chi connectivity index (χ1n) is 2.17. The largest absolute Gasteiger partial charge is 0.524 e. The van der Waals surface area contributed by atoms with Gasteiger partial charge in [-0.2, -0.15) is 0 Å². The van der Waals surface area contributed by atoms with Crippen LogP contribution < -0.4 is 5.73 Å². The number of nitrogens with two attached hydrogens (primary N) is 1. The number of carbonyl (C=O) groups excluding carboxylic acids is 1. The summed E-state index contributed by atoms with van der Waals surface area (Å²) in [6, 6.07) is 0. The lowest BCUT2D eigenvalue weighted by molar-refractivity contribution is -0.132. The molecule has 0 saturated carbocycles. The standard InChI is InChI=1S/C3H9NO2Si/c1-7-6-3(5)2-4/h2,4,7H2,1H3. The fourth-order valence-corrected chi connectivity index (χ4v) is 0.660. The van der Waals surface area contributed by atoms with E-state index in [1.807, 2.05) is 6.55 Å². The molecule has 0 atom stereocenters. The van der Waals surface area contributed by atoms with Crippen molar-refractivity contribution in [1.82, 2.24) is 0 Å². The van der Waals surface area contributed by atoms with E-state index in [-0.39, 0.29) is 12.5 Å². The van der Waals surface area contributed by atoms with E-state index in [0.29, 0.717) is 0 Å². The Hall–Kier alpha value is -0.353. The van der Waals surface area contributed by atoms with E-state index in [0.717, 1.165) is 0 Å². The molecule has 0 amide bonds. The first-order chi connectivity index (χ1) is 3.31. The van der Waals surface area contributed by atoms with Gasteiger partial charge in [0.2, 0.25) is 9.76 Å². The molecule has 42 valence electrons. The Morgan fingerprint density at radius 3 is 2.71 bits per heavy atom. The maximum Gasteiger partial charge on any atom is 0.306 e. The van der Waals surface area contributed by atoms with E-state index >= 15 is 0 Å².